The first kappa shape index (κ1) is 25.1. The van der Waals surface area contributed by atoms with Crippen molar-refractivity contribution < 1.29 is 18.0 Å². The minimum absolute atomic E-state index is 0.0535. The van der Waals surface area contributed by atoms with E-state index in [1.165, 1.54) is 41.1 Å². The van der Waals surface area contributed by atoms with Gasteiger partial charge in [0.05, 0.1) is 11.2 Å². The Morgan fingerprint density at radius 2 is 1.78 bits per heavy atom. The van der Waals surface area contributed by atoms with Crippen molar-refractivity contribution >= 4 is 34.3 Å². The summed E-state index contributed by atoms with van der Waals surface area (Å²) in [6, 6.07) is 13.2. The first-order valence-corrected chi connectivity index (χ1v) is 13.1. The number of nitrogens with one attached hydrogen (secondary N) is 1. The van der Waals surface area contributed by atoms with E-state index in [-0.39, 0.29) is 27.7 Å². The maximum atomic E-state index is 14.4. The molecule has 0 spiro atoms. The Kier molecular flexibility index (Phi) is 7.32. The molecule has 1 heterocycles. The monoisotopic (exact) mass is 523 g/mol. The average Bonchev–Trinajstić information content (AvgIpc) is 3.34. The first-order valence-electron chi connectivity index (χ1n) is 12.1. The highest BCUT2D eigenvalue weighted by Crippen LogP contribution is 2.26. The molecule has 1 aromatic heterocycles. The minimum Gasteiger partial charge on any atom is -0.326 e. The van der Waals surface area contributed by atoms with E-state index in [4.69, 9.17) is 0 Å². The van der Waals surface area contributed by atoms with Gasteiger partial charge in [0, 0.05) is 23.9 Å². The van der Waals surface area contributed by atoms with Gasteiger partial charge >= 0.3 is 0 Å². The number of benzene rings is 3. The molecule has 1 N–H and O–H groups in total. The van der Waals surface area contributed by atoms with Crippen LogP contribution < -0.4 is 10.9 Å². The average molecular weight is 524 g/mol. The first-order chi connectivity index (χ1) is 17.9. The lowest BCUT2D eigenvalue weighted by atomic mass is 10.1. The van der Waals surface area contributed by atoms with Crippen LogP contribution in [0.15, 0.2) is 64.5 Å². The summed E-state index contributed by atoms with van der Waals surface area (Å²) in [5.74, 6) is -2.46. The number of hydrogen-bond acceptors (Lipinski definition) is 4. The van der Waals surface area contributed by atoms with Crippen molar-refractivity contribution in [1.82, 2.24) is 9.55 Å². The van der Waals surface area contributed by atoms with Gasteiger partial charge in [-0.25, -0.2) is 18.2 Å². The SMILES string of the molecule is O=C(CCCCSc1nc2cccc(F)c2c(=O)n1-c1ccc(F)c(F)c1)Nc1ccc2c(c1)CCC2. The summed E-state index contributed by atoms with van der Waals surface area (Å²) in [5, 5.41) is 2.96. The molecule has 4 aromatic rings. The van der Waals surface area contributed by atoms with Gasteiger partial charge in [0.1, 0.15) is 11.2 Å². The third-order valence-electron chi connectivity index (χ3n) is 6.39. The van der Waals surface area contributed by atoms with E-state index >= 15 is 0 Å². The van der Waals surface area contributed by atoms with Crippen LogP contribution in [0.25, 0.3) is 16.6 Å². The molecule has 0 radical (unpaired) electrons. The Hall–Kier alpha value is -3.59. The van der Waals surface area contributed by atoms with Crippen molar-refractivity contribution in [2.45, 2.75) is 43.7 Å². The normalized spacial score (nSPS) is 12.6. The number of carbonyl (C=O) groups excluding carboxylic acids is 1. The number of halogens is 3. The van der Waals surface area contributed by atoms with Crippen LogP contribution in [-0.4, -0.2) is 21.2 Å². The highest BCUT2D eigenvalue weighted by atomic mass is 32.2. The Balaban J connectivity index is 1.26. The maximum absolute atomic E-state index is 14.4. The third-order valence-corrected chi connectivity index (χ3v) is 7.41. The molecule has 0 bridgehead atoms. The molecule has 5 rings (SSSR count). The summed E-state index contributed by atoms with van der Waals surface area (Å²) in [4.78, 5) is 30.0. The highest BCUT2D eigenvalue weighted by Gasteiger charge is 2.17. The number of unbranched alkanes of at least 4 members (excludes halogenated alkanes) is 1. The van der Waals surface area contributed by atoms with Crippen LogP contribution in [0.4, 0.5) is 18.9 Å². The van der Waals surface area contributed by atoms with E-state index in [9.17, 15) is 22.8 Å². The Morgan fingerprint density at radius 1 is 0.946 bits per heavy atom. The Labute approximate surface area is 215 Å². The molecule has 1 aliphatic carbocycles. The van der Waals surface area contributed by atoms with Gasteiger partial charge in [0.2, 0.25) is 5.91 Å². The number of amides is 1. The number of fused-ring (bicyclic) bond motifs is 2. The molecule has 0 aliphatic heterocycles. The Bertz CT molecular complexity index is 1550. The van der Waals surface area contributed by atoms with E-state index in [1.807, 2.05) is 12.1 Å². The zero-order chi connectivity index (χ0) is 25.9. The van der Waals surface area contributed by atoms with Gasteiger partial charge in [-0.1, -0.05) is 23.9 Å². The van der Waals surface area contributed by atoms with Crippen molar-refractivity contribution in [3.63, 3.8) is 0 Å². The van der Waals surface area contributed by atoms with Crippen LogP contribution in [0.3, 0.4) is 0 Å². The second-order valence-corrected chi connectivity index (χ2v) is 10.0. The van der Waals surface area contributed by atoms with Gasteiger partial charge in [-0.2, -0.15) is 0 Å². The predicted octanol–water partition coefficient (Wildman–Crippen LogP) is 6.19. The molecule has 1 amide bonds. The smallest absolute Gasteiger partial charge is 0.269 e. The van der Waals surface area contributed by atoms with Crippen molar-refractivity contribution in [3.05, 3.63) is 93.5 Å². The van der Waals surface area contributed by atoms with Gasteiger partial charge in [-0.15, -0.1) is 0 Å². The van der Waals surface area contributed by atoms with Gasteiger partial charge in [0.15, 0.2) is 16.8 Å². The van der Waals surface area contributed by atoms with E-state index in [0.29, 0.717) is 25.0 Å². The number of carbonyl (C=O) groups is 1. The quantitative estimate of drug-likeness (QED) is 0.170. The molecule has 0 atom stereocenters. The molecule has 0 saturated carbocycles. The van der Waals surface area contributed by atoms with E-state index in [1.54, 1.807) is 0 Å². The van der Waals surface area contributed by atoms with Gasteiger partial charge in [-0.05, 0) is 79.6 Å². The molecule has 0 fully saturated rings. The lowest BCUT2D eigenvalue weighted by molar-refractivity contribution is -0.116. The molecule has 190 valence electrons. The molecular weight excluding hydrogens is 499 g/mol. The third kappa shape index (κ3) is 5.41. The lowest BCUT2D eigenvalue weighted by Crippen LogP contribution is -2.23. The number of anilines is 1. The van der Waals surface area contributed by atoms with Crippen LogP contribution in [0, 0.1) is 17.5 Å². The maximum Gasteiger partial charge on any atom is 0.269 e. The summed E-state index contributed by atoms with van der Waals surface area (Å²) in [6.45, 7) is 0. The van der Waals surface area contributed by atoms with Crippen molar-refractivity contribution in [2.24, 2.45) is 0 Å². The van der Waals surface area contributed by atoms with Crippen molar-refractivity contribution in [2.75, 3.05) is 11.1 Å². The van der Waals surface area contributed by atoms with Crippen molar-refractivity contribution in [1.29, 1.82) is 0 Å². The molecule has 0 saturated heterocycles. The fourth-order valence-electron chi connectivity index (χ4n) is 4.54. The zero-order valence-corrected chi connectivity index (χ0v) is 20.7. The molecule has 9 heteroatoms. The van der Waals surface area contributed by atoms with Gasteiger partial charge < -0.3 is 5.32 Å². The van der Waals surface area contributed by atoms with Crippen LogP contribution in [-0.2, 0) is 17.6 Å². The van der Waals surface area contributed by atoms with Crippen LogP contribution in [0.1, 0.15) is 36.8 Å². The summed E-state index contributed by atoms with van der Waals surface area (Å²) < 4.78 is 43.0. The van der Waals surface area contributed by atoms with E-state index in [2.05, 4.69) is 16.4 Å². The molecule has 37 heavy (non-hydrogen) atoms. The van der Waals surface area contributed by atoms with Crippen molar-refractivity contribution in [3.8, 4) is 5.69 Å². The Morgan fingerprint density at radius 3 is 2.62 bits per heavy atom. The second-order valence-electron chi connectivity index (χ2n) is 8.96. The van der Waals surface area contributed by atoms with Crippen LogP contribution in [0.2, 0.25) is 0 Å². The number of aromatic nitrogens is 2. The number of aryl methyl sites for hydroxylation is 2. The minimum atomic E-state index is -1.12. The summed E-state index contributed by atoms with van der Waals surface area (Å²) >= 11 is 1.24. The summed E-state index contributed by atoms with van der Waals surface area (Å²) in [5.41, 5.74) is 2.98. The van der Waals surface area contributed by atoms with Crippen LogP contribution in [0.5, 0.6) is 0 Å². The number of nitrogens with zero attached hydrogens (tertiary/aromatic N) is 2. The zero-order valence-electron chi connectivity index (χ0n) is 19.9. The molecule has 0 unspecified atom stereocenters. The molecule has 3 aromatic carbocycles. The van der Waals surface area contributed by atoms with E-state index < -0.39 is 23.0 Å². The second kappa shape index (κ2) is 10.8. The molecule has 5 nitrogen and oxygen atoms in total. The topological polar surface area (TPSA) is 64.0 Å². The number of hydrogen-bond donors (Lipinski definition) is 1. The summed E-state index contributed by atoms with van der Waals surface area (Å²) in [7, 11) is 0. The highest BCUT2D eigenvalue weighted by molar-refractivity contribution is 7.99. The van der Waals surface area contributed by atoms with E-state index in [0.717, 1.165) is 47.7 Å². The lowest BCUT2D eigenvalue weighted by Gasteiger charge is -2.14. The summed E-state index contributed by atoms with van der Waals surface area (Å²) in [6.07, 6.45) is 4.88. The van der Waals surface area contributed by atoms with Gasteiger partial charge in [-0.3, -0.25) is 14.2 Å². The fraction of sp³-hybridized carbons (Fsp3) is 0.250. The largest absolute Gasteiger partial charge is 0.326 e. The number of rotatable bonds is 8. The van der Waals surface area contributed by atoms with Gasteiger partial charge in [0.25, 0.3) is 5.56 Å². The fourth-order valence-corrected chi connectivity index (χ4v) is 5.55. The van der Waals surface area contributed by atoms with Crippen LogP contribution >= 0.6 is 11.8 Å². The molecule has 1 aliphatic rings. The standard InChI is InChI=1S/C28H24F3N3O2S/c29-21-13-12-20(16-23(21)31)34-27(36)26-22(30)7-4-8-24(26)33-28(34)37-14-2-1-9-25(35)32-19-11-10-17-5-3-6-18(17)15-19/h4,7-8,10-13,15-16H,1-3,5-6,9,14H2,(H,32,35). The predicted molar refractivity (Wildman–Crippen MR) is 139 cm³/mol. The number of thioether (sulfide) groups is 1. The molecular formula is C28H24F3N3O2S.